The lowest BCUT2D eigenvalue weighted by Crippen LogP contribution is -2.32. The largest absolute Gasteiger partial charge is 0.376 e. The second-order valence-corrected chi connectivity index (χ2v) is 8.35. The first kappa shape index (κ1) is 24.3. The van der Waals surface area contributed by atoms with Gasteiger partial charge in [0.25, 0.3) is 11.8 Å². The molecule has 0 bridgehead atoms. The molecule has 0 aliphatic carbocycles. The van der Waals surface area contributed by atoms with E-state index in [-0.39, 0.29) is 24.3 Å². The Bertz CT molecular complexity index is 964. The summed E-state index contributed by atoms with van der Waals surface area (Å²) in [4.78, 5) is 41.6. The summed E-state index contributed by atoms with van der Waals surface area (Å²) in [5.74, 6) is -0.217. The summed E-state index contributed by atoms with van der Waals surface area (Å²) in [6.45, 7) is 7.20. The first-order valence-electron chi connectivity index (χ1n) is 11.8. The Morgan fingerprint density at radius 2 is 1.48 bits per heavy atom. The average Bonchev–Trinajstić information content (AvgIpc) is 3.37. The number of amides is 3. The zero-order valence-corrected chi connectivity index (χ0v) is 19.6. The minimum atomic E-state index is -0.226. The SMILES string of the molecule is CCCN(CCC)C(=O)c1cccc(NCC(=O)Nc2cccc(C(=O)N3CCCC3)c2)c1. The van der Waals surface area contributed by atoms with E-state index in [9.17, 15) is 14.4 Å². The Labute approximate surface area is 196 Å². The fourth-order valence-electron chi connectivity index (χ4n) is 4.02. The van der Waals surface area contributed by atoms with Crippen LogP contribution in [-0.2, 0) is 4.79 Å². The maximum absolute atomic E-state index is 12.8. The van der Waals surface area contributed by atoms with Crippen LogP contribution in [-0.4, -0.2) is 60.2 Å². The van der Waals surface area contributed by atoms with Crippen molar-refractivity contribution in [2.45, 2.75) is 39.5 Å². The maximum atomic E-state index is 12.8. The standard InChI is InChI=1S/C26H34N4O3/c1-3-13-29(14-4-2)25(32)20-9-7-11-22(17-20)27-19-24(31)28-23-12-8-10-21(18-23)26(33)30-15-5-6-16-30/h7-12,17-18,27H,3-6,13-16,19H2,1-2H3,(H,28,31). The molecule has 0 saturated carbocycles. The minimum Gasteiger partial charge on any atom is -0.376 e. The van der Waals surface area contributed by atoms with E-state index in [1.165, 1.54) is 0 Å². The fourth-order valence-corrected chi connectivity index (χ4v) is 4.02. The number of benzene rings is 2. The van der Waals surface area contributed by atoms with Crippen molar-refractivity contribution in [3.63, 3.8) is 0 Å². The van der Waals surface area contributed by atoms with Gasteiger partial charge >= 0.3 is 0 Å². The van der Waals surface area contributed by atoms with E-state index in [2.05, 4.69) is 24.5 Å². The monoisotopic (exact) mass is 450 g/mol. The Balaban J connectivity index is 1.57. The van der Waals surface area contributed by atoms with E-state index in [1.807, 2.05) is 21.9 Å². The maximum Gasteiger partial charge on any atom is 0.253 e. The Kier molecular flexibility index (Phi) is 8.87. The van der Waals surface area contributed by atoms with Crippen LogP contribution in [0.4, 0.5) is 11.4 Å². The summed E-state index contributed by atoms with van der Waals surface area (Å²) in [5, 5.41) is 5.93. The van der Waals surface area contributed by atoms with Crippen LogP contribution in [0, 0.1) is 0 Å². The third-order valence-corrected chi connectivity index (χ3v) is 5.62. The summed E-state index contributed by atoms with van der Waals surface area (Å²) in [6.07, 6.45) is 3.90. The molecule has 1 fully saturated rings. The van der Waals surface area contributed by atoms with Crippen molar-refractivity contribution in [2.24, 2.45) is 0 Å². The predicted molar refractivity (Wildman–Crippen MR) is 132 cm³/mol. The van der Waals surface area contributed by atoms with Gasteiger partial charge in [0.15, 0.2) is 0 Å². The highest BCUT2D eigenvalue weighted by Crippen LogP contribution is 2.17. The second-order valence-electron chi connectivity index (χ2n) is 8.35. The molecule has 2 aromatic carbocycles. The first-order chi connectivity index (χ1) is 16.0. The topological polar surface area (TPSA) is 81.8 Å². The van der Waals surface area contributed by atoms with Gasteiger partial charge in [-0.15, -0.1) is 0 Å². The molecule has 33 heavy (non-hydrogen) atoms. The third kappa shape index (κ3) is 6.81. The van der Waals surface area contributed by atoms with Crippen molar-refractivity contribution in [3.05, 3.63) is 59.7 Å². The van der Waals surface area contributed by atoms with E-state index in [1.54, 1.807) is 36.4 Å². The van der Waals surface area contributed by atoms with E-state index in [0.29, 0.717) is 22.5 Å². The molecule has 0 atom stereocenters. The van der Waals surface area contributed by atoms with E-state index >= 15 is 0 Å². The van der Waals surface area contributed by atoms with Gasteiger partial charge in [0, 0.05) is 48.7 Å². The molecule has 176 valence electrons. The van der Waals surface area contributed by atoms with Gasteiger partial charge in [-0.1, -0.05) is 26.0 Å². The molecule has 3 amide bonds. The highest BCUT2D eigenvalue weighted by molar-refractivity contribution is 5.98. The van der Waals surface area contributed by atoms with Crippen molar-refractivity contribution in [2.75, 3.05) is 43.4 Å². The van der Waals surface area contributed by atoms with Gasteiger partial charge in [0.2, 0.25) is 5.91 Å². The van der Waals surface area contributed by atoms with Crippen LogP contribution in [0.1, 0.15) is 60.2 Å². The van der Waals surface area contributed by atoms with Gasteiger partial charge in [0.05, 0.1) is 6.54 Å². The molecule has 1 saturated heterocycles. The number of carbonyl (C=O) groups excluding carboxylic acids is 3. The number of anilines is 2. The molecular weight excluding hydrogens is 416 g/mol. The summed E-state index contributed by atoms with van der Waals surface area (Å²) >= 11 is 0. The van der Waals surface area contributed by atoms with Gasteiger partial charge in [-0.25, -0.2) is 0 Å². The normalized spacial score (nSPS) is 13.0. The lowest BCUT2D eigenvalue weighted by molar-refractivity contribution is -0.114. The fraction of sp³-hybridized carbons (Fsp3) is 0.423. The van der Waals surface area contributed by atoms with E-state index < -0.39 is 0 Å². The number of rotatable bonds is 10. The van der Waals surface area contributed by atoms with Crippen LogP contribution in [0.15, 0.2) is 48.5 Å². The van der Waals surface area contributed by atoms with Gasteiger partial charge in [-0.05, 0) is 62.1 Å². The van der Waals surface area contributed by atoms with Crippen molar-refractivity contribution in [1.29, 1.82) is 0 Å². The molecule has 3 rings (SSSR count). The summed E-state index contributed by atoms with van der Waals surface area (Å²) in [5.41, 5.74) is 2.49. The summed E-state index contributed by atoms with van der Waals surface area (Å²) in [6, 6.07) is 14.3. The number of hydrogen-bond donors (Lipinski definition) is 2. The highest BCUT2D eigenvalue weighted by Gasteiger charge is 2.20. The zero-order chi connectivity index (χ0) is 23.6. The van der Waals surface area contributed by atoms with Crippen molar-refractivity contribution < 1.29 is 14.4 Å². The minimum absolute atomic E-state index is 0.00314. The van der Waals surface area contributed by atoms with Crippen LogP contribution in [0.25, 0.3) is 0 Å². The van der Waals surface area contributed by atoms with Crippen LogP contribution >= 0.6 is 0 Å². The Morgan fingerprint density at radius 1 is 0.879 bits per heavy atom. The number of hydrogen-bond acceptors (Lipinski definition) is 4. The molecule has 2 N–H and O–H groups in total. The molecule has 7 nitrogen and oxygen atoms in total. The summed E-state index contributed by atoms with van der Waals surface area (Å²) in [7, 11) is 0. The molecule has 2 aromatic rings. The molecule has 0 radical (unpaired) electrons. The average molecular weight is 451 g/mol. The van der Waals surface area contributed by atoms with Gasteiger partial charge in [0.1, 0.15) is 0 Å². The van der Waals surface area contributed by atoms with Crippen LogP contribution < -0.4 is 10.6 Å². The lowest BCUT2D eigenvalue weighted by Gasteiger charge is -2.21. The molecule has 0 aromatic heterocycles. The predicted octanol–water partition coefficient (Wildman–Crippen LogP) is 4.24. The van der Waals surface area contributed by atoms with Gasteiger partial charge in [-0.3, -0.25) is 14.4 Å². The Morgan fingerprint density at radius 3 is 2.15 bits per heavy atom. The van der Waals surface area contributed by atoms with E-state index in [4.69, 9.17) is 0 Å². The van der Waals surface area contributed by atoms with E-state index in [0.717, 1.165) is 51.9 Å². The molecule has 1 heterocycles. The quantitative estimate of drug-likeness (QED) is 0.567. The number of nitrogens with zero attached hydrogens (tertiary/aromatic N) is 2. The smallest absolute Gasteiger partial charge is 0.253 e. The molecule has 7 heteroatoms. The number of carbonyl (C=O) groups is 3. The van der Waals surface area contributed by atoms with Crippen molar-refractivity contribution >= 4 is 29.1 Å². The molecule has 0 unspecified atom stereocenters. The van der Waals surface area contributed by atoms with Crippen LogP contribution in [0.5, 0.6) is 0 Å². The number of likely N-dealkylation sites (tertiary alicyclic amines) is 1. The van der Waals surface area contributed by atoms with Gasteiger partial charge in [-0.2, -0.15) is 0 Å². The molecular formula is C26H34N4O3. The molecule has 1 aliphatic rings. The highest BCUT2D eigenvalue weighted by atomic mass is 16.2. The zero-order valence-electron chi connectivity index (χ0n) is 19.6. The second kappa shape index (κ2) is 12.0. The van der Waals surface area contributed by atoms with Gasteiger partial charge < -0.3 is 20.4 Å². The van der Waals surface area contributed by atoms with Crippen LogP contribution in [0.3, 0.4) is 0 Å². The first-order valence-corrected chi connectivity index (χ1v) is 11.8. The van der Waals surface area contributed by atoms with Crippen LogP contribution in [0.2, 0.25) is 0 Å². The third-order valence-electron chi connectivity index (χ3n) is 5.62. The molecule has 1 aliphatic heterocycles. The Hall–Kier alpha value is -3.35. The van der Waals surface area contributed by atoms with Crippen molar-refractivity contribution in [1.82, 2.24) is 9.80 Å². The van der Waals surface area contributed by atoms with Crippen molar-refractivity contribution in [3.8, 4) is 0 Å². The number of nitrogens with one attached hydrogen (secondary N) is 2. The molecule has 0 spiro atoms. The summed E-state index contributed by atoms with van der Waals surface area (Å²) < 4.78 is 0. The lowest BCUT2D eigenvalue weighted by atomic mass is 10.1.